The third-order valence-corrected chi connectivity index (χ3v) is 6.76. The maximum Gasteiger partial charge on any atom is 0.408 e. The van der Waals surface area contributed by atoms with Crippen molar-refractivity contribution in [3.63, 3.8) is 0 Å². The van der Waals surface area contributed by atoms with Gasteiger partial charge in [-0.25, -0.2) is 14.4 Å². The molecule has 212 valence electrons. The summed E-state index contributed by atoms with van der Waals surface area (Å²) in [6.45, 7) is 11.1. The third kappa shape index (κ3) is 11.2. The summed E-state index contributed by atoms with van der Waals surface area (Å²) in [6, 6.07) is 7.62. The molecule has 11 heteroatoms. The van der Waals surface area contributed by atoms with Gasteiger partial charge in [-0.1, -0.05) is 30.3 Å². The van der Waals surface area contributed by atoms with E-state index in [9.17, 15) is 24.3 Å². The number of aryl methyl sites for hydroxylation is 1. The lowest BCUT2D eigenvalue weighted by molar-refractivity contribution is -0.149. The van der Waals surface area contributed by atoms with Crippen LogP contribution in [0.4, 0.5) is 9.59 Å². The van der Waals surface area contributed by atoms with E-state index in [1.807, 2.05) is 30.3 Å². The van der Waals surface area contributed by atoms with E-state index in [1.165, 1.54) is 16.7 Å². The normalized spacial score (nSPS) is 18.4. The maximum absolute atomic E-state index is 13.6. The molecule has 1 aliphatic rings. The Morgan fingerprint density at radius 3 is 2.21 bits per heavy atom. The number of benzene rings is 1. The SMILES string of the molecule is CC(C)(C)OC(=O)NCCS[C@@H]1C[C@@H](C(=O)O)N(C(=O)[C@H](CCc2ccccc2)NC(=O)OC(C)(C)C)C1. The van der Waals surface area contributed by atoms with E-state index in [1.54, 1.807) is 41.5 Å². The number of alkyl carbamates (subject to hydrolysis) is 2. The topological polar surface area (TPSA) is 134 Å². The molecule has 0 spiro atoms. The first kappa shape index (κ1) is 31.3. The minimum absolute atomic E-state index is 0.128. The monoisotopic (exact) mass is 551 g/mol. The van der Waals surface area contributed by atoms with Gasteiger partial charge >= 0.3 is 18.2 Å². The van der Waals surface area contributed by atoms with Crippen molar-refractivity contribution in [3.05, 3.63) is 35.9 Å². The summed E-state index contributed by atoms with van der Waals surface area (Å²) in [4.78, 5) is 51.3. The van der Waals surface area contributed by atoms with E-state index in [2.05, 4.69) is 10.6 Å². The smallest absolute Gasteiger partial charge is 0.408 e. The average Bonchev–Trinajstić information content (AvgIpc) is 3.22. The van der Waals surface area contributed by atoms with Crippen LogP contribution in [-0.2, 0) is 25.5 Å². The number of hydrogen-bond donors (Lipinski definition) is 3. The Kier molecular flexibility index (Phi) is 11.3. The van der Waals surface area contributed by atoms with Crippen molar-refractivity contribution in [1.82, 2.24) is 15.5 Å². The Labute approximate surface area is 229 Å². The van der Waals surface area contributed by atoms with Crippen LogP contribution in [0.15, 0.2) is 30.3 Å². The van der Waals surface area contributed by atoms with Gasteiger partial charge in [0.25, 0.3) is 0 Å². The van der Waals surface area contributed by atoms with Gasteiger partial charge in [-0.2, -0.15) is 11.8 Å². The summed E-state index contributed by atoms with van der Waals surface area (Å²) in [7, 11) is 0. The first-order chi connectivity index (χ1) is 17.6. The number of likely N-dealkylation sites (tertiary alicyclic amines) is 1. The third-order valence-electron chi connectivity index (χ3n) is 5.51. The predicted molar refractivity (Wildman–Crippen MR) is 146 cm³/mol. The van der Waals surface area contributed by atoms with Crippen LogP contribution in [0.2, 0.25) is 0 Å². The number of carbonyl (C=O) groups is 4. The molecule has 2 rings (SSSR count). The van der Waals surface area contributed by atoms with Crippen molar-refractivity contribution in [1.29, 1.82) is 0 Å². The largest absolute Gasteiger partial charge is 0.480 e. The van der Waals surface area contributed by atoms with Crippen molar-refractivity contribution >= 4 is 35.8 Å². The number of nitrogens with zero attached hydrogens (tertiary/aromatic N) is 1. The van der Waals surface area contributed by atoms with Crippen LogP contribution in [0.5, 0.6) is 0 Å². The molecular weight excluding hydrogens is 510 g/mol. The second-order valence-corrected chi connectivity index (χ2v) is 12.6. The van der Waals surface area contributed by atoms with E-state index >= 15 is 0 Å². The zero-order valence-electron chi connectivity index (χ0n) is 23.1. The van der Waals surface area contributed by atoms with Crippen LogP contribution in [0, 0.1) is 0 Å². The molecule has 1 aliphatic heterocycles. The van der Waals surface area contributed by atoms with E-state index < -0.39 is 47.3 Å². The number of carboxylic acid groups (broad SMARTS) is 1. The quantitative estimate of drug-likeness (QED) is 0.374. The molecule has 38 heavy (non-hydrogen) atoms. The number of thioether (sulfide) groups is 1. The summed E-state index contributed by atoms with van der Waals surface area (Å²) < 4.78 is 10.6. The number of carboxylic acids is 1. The van der Waals surface area contributed by atoms with Gasteiger partial charge in [0, 0.05) is 24.1 Å². The predicted octanol–water partition coefficient (Wildman–Crippen LogP) is 3.82. The lowest BCUT2D eigenvalue weighted by Crippen LogP contribution is -2.52. The number of amides is 3. The van der Waals surface area contributed by atoms with Gasteiger partial charge in [0.1, 0.15) is 23.3 Å². The molecule has 0 aromatic heterocycles. The molecule has 3 atom stereocenters. The summed E-state index contributed by atoms with van der Waals surface area (Å²) in [5.74, 6) is -1.01. The number of rotatable bonds is 10. The van der Waals surface area contributed by atoms with Gasteiger partial charge in [0.2, 0.25) is 5.91 Å². The minimum atomic E-state index is -1.09. The molecule has 0 unspecified atom stereocenters. The van der Waals surface area contributed by atoms with E-state index in [0.29, 0.717) is 25.1 Å². The average molecular weight is 552 g/mol. The lowest BCUT2D eigenvalue weighted by atomic mass is 10.0. The number of hydrogen-bond acceptors (Lipinski definition) is 7. The Hall–Kier alpha value is -2.95. The number of aliphatic carboxylic acids is 1. The number of carbonyl (C=O) groups excluding carboxylic acids is 3. The highest BCUT2D eigenvalue weighted by atomic mass is 32.2. The van der Waals surface area contributed by atoms with Crippen LogP contribution in [0.3, 0.4) is 0 Å². The van der Waals surface area contributed by atoms with Crippen LogP contribution in [0.25, 0.3) is 0 Å². The second-order valence-electron chi connectivity index (χ2n) is 11.2. The molecule has 1 saturated heterocycles. The molecular formula is C27H41N3O7S. The highest BCUT2D eigenvalue weighted by Gasteiger charge is 2.42. The molecule has 1 aromatic carbocycles. The summed E-state index contributed by atoms with van der Waals surface area (Å²) in [6.07, 6.45) is -0.153. The Morgan fingerprint density at radius 1 is 1.03 bits per heavy atom. The highest BCUT2D eigenvalue weighted by Crippen LogP contribution is 2.29. The van der Waals surface area contributed by atoms with Crippen molar-refractivity contribution in [2.45, 2.75) is 89.3 Å². The number of nitrogens with one attached hydrogen (secondary N) is 2. The molecule has 1 heterocycles. The summed E-state index contributed by atoms with van der Waals surface area (Å²) >= 11 is 1.49. The molecule has 3 N–H and O–H groups in total. The molecule has 0 saturated carbocycles. The minimum Gasteiger partial charge on any atom is -0.480 e. The van der Waals surface area contributed by atoms with Crippen LogP contribution in [-0.4, -0.2) is 81.4 Å². The zero-order valence-corrected chi connectivity index (χ0v) is 23.9. The van der Waals surface area contributed by atoms with Crippen LogP contribution in [0.1, 0.15) is 59.9 Å². The molecule has 10 nitrogen and oxygen atoms in total. The fourth-order valence-corrected chi connectivity index (χ4v) is 5.09. The Balaban J connectivity index is 2.04. The highest BCUT2D eigenvalue weighted by molar-refractivity contribution is 7.99. The molecule has 0 radical (unpaired) electrons. The molecule has 1 fully saturated rings. The standard InChI is InChI=1S/C27H41N3O7S/c1-26(2,3)36-24(34)28-14-15-38-19-16-21(23(32)33)30(17-19)22(31)20(29-25(35)37-27(4,5)6)13-12-18-10-8-7-9-11-18/h7-11,19-21H,12-17H2,1-6H3,(H,28,34)(H,29,35)(H,32,33)/t19-,20+,21+/m1/s1. The lowest BCUT2D eigenvalue weighted by Gasteiger charge is -2.28. The summed E-state index contributed by atoms with van der Waals surface area (Å²) in [5.41, 5.74) is -0.343. The fraction of sp³-hybridized carbons (Fsp3) is 0.630. The molecule has 0 aliphatic carbocycles. The van der Waals surface area contributed by atoms with E-state index in [4.69, 9.17) is 9.47 Å². The van der Waals surface area contributed by atoms with E-state index in [-0.39, 0.29) is 18.2 Å². The van der Waals surface area contributed by atoms with Gasteiger partial charge in [-0.15, -0.1) is 0 Å². The van der Waals surface area contributed by atoms with Crippen LogP contribution >= 0.6 is 11.8 Å². The maximum atomic E-state index is 13.6. The van der Waals surface area contributed by atoms with Gasteiger partial charge in [0.05, 0.1) is 0 Å². The first-order valence-electron chi connectivity index (χ1n) is 12.8. The van der Waals surface area contributed by atoms with Crippen LogP contribution < -0.4 is 10.6 Å². The molecule has 3 amide bonds. The first-order valence-corrected chi connectivity index (χ1v) is 13.8. The van der Waals surface area contributed by atoms with Gasteiger partial charge in [0.15, 0.2) is 0 Å². The van der Waals surface area contributed by atoms with Crippen molar-refractivity contribution in [2.75, 3.05) is 18.8 Å². The van der Waals surface area contributed by atoms with Crippen molar-refractivity contribution < 1.29 is 33.8 Å². The van der Waals surface area contributed by atoms with Gasteiger partial charge in [-0.3, -0.25) is 4.79 Å². The molecule has 1 aromatic rings. The Bertz CT molecular complexity index is 960. The number of ether oxygens (including phenoxy) is 2. The van der Waals surface area contributed by atoms with Gasteiger partial charge < -0.3 is 30.1 Å². The van der Waals surface area contributed by atoms with E-state index in [0.717, 1.165) is 5.56 Å². The zero-order chi connectivity index (χ0) is 28.5. The Morgan fingerprint density at radius 2 is 1.63 bits per heavy atom. The second kappa shape index (κ2) is 13.7. The van der Waals surface area contributed by atoms with Gasteiger partial charge in [-0.05, 0) is 66.4 Å². The fourth-order valence-electron chi connectivity index (χ4n) is 3.95. The van der Waals surface area contributed by atoms with Crippen molar-refractivity contribution in [2.24, 2.45) is 0 Å². The van der Waals surface area contributed by atoms with Crippen molar-refractivity contribution in [3.8, 4) is 0 Å². The molecule has 0 bridgehead atoms. The summed E-state index contributed by atoms with van der Waals surface area (Å²) in [5, 5.41) is 15.1.